The van der Waals surface area contributed by atoms with Crippen molar-refractivity contribution in [2.75, 3.05) is 13.6 Å². The first kappa shape index (κ1) is 13.0. The van der Waals surface area contributed by atoms with Crippen LogP contribution in [-0.4, -0.2) is 24.5 Å². The molecule has 1 rings (SSSR count). The summed E-state index contributed by atoms with van der Waals surface area (Å²) >= 11 is 7.56. The van der Waals surface area contributed by atoms with Crippen LogP contribution in [0.3, 0.4) is 0 Å². The quantitative estimate of drug-likeness (QED) is 0.865. The number of likely N-dealkylation sites (N-methyl/N-ethyl adjacent to an activating group) is 1. The van der Waals surface area contributed by atoms with Crippen LogP contribution in [0.4, 0.5) is 0 Å². The molecule has 2 nitrogen and oxygen atoms in total. The zero-order valence-electron chi connectivity index (χ0n) is 9.53. The second kappa shape index (κ2) is 5.85. The standard InChI is InChI=1S/C11H19ClN2S/c1-4-8(2)14(3)9(7-13)10-5-6-11(12)15-10/h5-6,8-9H,4,7,13H2,1-3H3. The van der Waals surface area contributed by atoms with Gasteiger partial charge < -0.3 is 5.73 Å². The SMILES string of the molecule is CCC(C)N(C)C(CN)c1ccc(Cl)s1. The Hall–Kier alpha value is -0.0900. The molecule has 86 valence electrons. The predicted octanol–water partition coefficient (Wildman–Crippen LogP) is 3.13. The van der Waals surface area contributed by atoms with Crippen molar-refractivity contribution < 1.29 is 0 Å². The van der Waals surface area contributed by atoms with E-state index in [-0.39, 0.29) is 6.04 Å². The van der Waals surface area contributed by atoms with Crippen LogP contribution in [0, 0.1) is 0 Å². The number of hydrogen-bond donors (Lipinski definition) is 1. The second-order valence-electron chi connectivity index (χ2n) is 3.82. The molecule has 0 saturated heterocycles. The maximum atomic E-state index is 5.94. The van der Waals surface area contributed by atoms with Crippen molar-refractivity contribution >= 4 is 22.9 Å². The summed E-state index contributed by atoms with van der Waals surface area (Å²) in [6.07, 6.45) is 1.13. The molecule has 0 saturated carbocycles. The lowest BCUT2D eigenvalue weighted by Crippen LogP contribution is -2.36. The summed E-state index contributed by atoms with van der Waals surface area (Å²) in [6.45, 7) is 5.05. The van der Waals surface area contributed by atoms with Gasteiger partial charge in [0, 0.05) is 17.5 Å². The Morgan fingerprint density at radius 2 is 2.20 bits per heavy atom. The monoisotopic (exact) mass is 246 g/mol. The van der Waals surface area contributed by atoms with E-state index in [0.29, 0.717) is 12.6 Å². The van der Waals surface area contributed by atoms with Gasteiger partial charge in [0.25, 0.3) is 0 Å². The maximum Gasteiger partial charge on any atom is 0.0931 e. The molecule has 1 heterocycles. The van der Waals surface area contributed by atoms with E-state index in [0.717, 1.165) is 10.8 Å². The Morgan fingerprint density at radius 1 is 1.53 bits per heavy atom. The summed E-state index contributed by atoms with van der Waals surface area (Å²) in [5.41, 5.74) is 5.83. The number of nitrogens with zero attached hydrogens (tertiary/aromatic N) is 1. The largest absolute Gasteiger partial charge is 0.329 e. The van der Waals surface area contributed by atoms with Gasteiger partial charge in [0.1, 0.15) is 0 Å². The van der Waals surface area contributed by atoms with Gasteiger partial charge in [-0.15, -0.1) is 11.3 Å². The lowest BCUT2D eigenvalue weighted by molar-refractivity contribution is 0.187. The molecule has 0 aliphatic heterocycles. The van der Waals surface area contributed by atoms with Crippen molar-refractivity contribution in [1.82, 2.24) is 4.90 Å². The maximum absolute atomic E-state index is 5.94. The first-order valence-electron chi connectivity index (χ1n) is 5.27. The average Bonchev–Trinajstić information content (AvgIpc) is 2.64. The fraction of sp³-hybridized carbons (Fsp3) is 0.636. The Bertz CT molecular complexity index is 301. The molecule has 0 amide bonds. The van der Waals surface area contributed by atoms with Gasteiger partial charge in [-0.1, -0.05) is 18.5 Å². The van der Waals surface area contributed by atoms with Crippen LogP contribution in [0.25, 0.3) is 0 Å². The van der Waals surface area contributed by atoms with E-state index in [1.165, 1.54) is 4.88 Å². The molecular formula is C11H19ClN2S. The normalized spacial score (nSPS) is 15.6. The highest BCUT2D eigenvalue weighted by atomic mass is 35.5. The van der Waals surface area contributed by atoms with Gasteiger partial charge >= 0.3 is 0 Å². The van der Waals surface area contributed by atoms with Crippen LogP contribution < -0.4 is 5.73 Å². The van der Waals surface area contributed by atoms with Crippen molar-refractivity contribution in [3.8, 4) is 0 Å². The van der Waals surface area contributed by atoms with Crippen molar-refractivity contribution in [1.29, 1.82) is 0 Å². The zero-order valence-corrected chi connectivity index (χ0v) is 11.1. The third-order valence-corrected chi connectivity index (χ3v) is 4.26. The van der Waals surface area contributed by atoms with Gasteiger partial charge in [-0.3, -0.25) is 4.90 Å². The summed E-state index contributed by atoms with van der Waals surface area (Å²) in [5, 5.41) is 0. The van der Waals surface area contributed by atoms with Crippen molar-refractivity contribution in [3.63, 3.8) is 0 Å². The number of halogens is 1. The third-order valence-electron chi connectivity index (χ3n) is 2.92. The van der Waals surface area contributed by atoms with Crippen molar-refractivity contribution in [2.45, 2.75) is 32.4 Å². The summed E-state index contributed by atoms with van der Waals surface area (Å²) in [4.78, 5) is 3.58. The molecule has 0 spiro atoms. The van der Waals surface area contributed by atoms with E-state index >= 15 is 0 Å². The van der Waals surface area contributed by atoms with E-state index in [2.05, 4.69) is 31.9 Å². The van der Waals surface area contributed by atoms with Crippen LogP contribution in [0.5, 0.6) is 0 Å². The first-order valence-corrected chi connectivity index (χ1v) is 6.46. The van der Waals surface area contributed by atoms with Crippen LogP contribution >= 0.6 is 22.9 Å². The number of nitrogens with two attached hydrogens (primary N) is 1. The van der Waals surface area contributed by atoms with E-state index < -0.39 is 0 Å². The van der Waals surface area contributed by atoms with Gasteiger partial charge in [0.2, 0.25) is 0 Å². The first-order chi connectivity index (χ1) is 7.10. The van der Waals surface area contributed by atoms with E-state index in [4.69, 9.17) is 17.3 Å². The highest BCUT2D eigenvalue weighted by Crippen LogP contribution is 2.30. The molecule has 4 heteroatoms. The molecule has 2 N–H and O–H groups in total. The minimum Gasteiger partial charge on any atom is -0.329 e. The van der Waals surface area contributed by atoms with Gasteiger partial charge in [-0.2, -0.15) is 0 Å². The van der Waals surface area contributed by atoms with E-state index in [9.17, 15) is 0 Å². The van der Waals surface area contributed by atoms with E-state index in [1.807, 2.05) is 6.07 Å². The molecule has 1 aromatic rings. The number of thiophene rings is 1. The summed E-state index contributed by atoms with van der Waals surface area (Å²) in [6, 6.07) is 4.84. The van der Waals surface area contributed by atoms with Crippen molar-refractivity contribution in [3.05, 3.63) is 21.3 Å². The molecule has 2 atom stereocenters. The highest BCUT2D eigenvalue weighted by Gasteiger charge is 2.20. The average molecular weight is 247 g/mol. The number of hydrogen-bond acceptors (Lipinski definition) is 3. The molecule has 0 fully saturated rings. The summed E-state index contributed by atoms with van der Waals surface area (Å²) < 4.78 is 0.834. The molecule has 0 aliphatic carbocycles. The van der Waals surface area contributed by atoms with Crippen LogP contribution in [0.15, 0.2) is 12.1 Å². The van der Waals surface area contributed by atoms with Gasteiger partial charge in [-0.05, 0) is 32.5 Å². The topological polar surface area (TPSA) is 29.3 Å². The van der Waals surface area contributed by atoms with Crippen LogP contribution in [0.2, 0.25) is 4.34 Å². The number of rotatable bonds is 5. The molecule has 2 unspecified atom stereocenters. The summed E-state index contributed by atoms with van der Waals surface area (Å²) in [5.74, 6) is 0. The Labute approximate surface area is 101 Å². The van der Waals surface area contributed by atoms with Gasteiger partial charge in [-0.25, -0.2) is 0 Å². The lowest BCUT2D eigenvalue weighted by atomic mass is 10.1. The molecular weight excluding hydrogens is 228 g/mol. The lowest BCUT2D eigenvalue weighted by Gasteiger charge is -2.31. The fourth-order valence-corrected chi connectivity index (χ4v) is 2.81. The molecule has 0 radical (unpaired) electrons. The van der Waals surface area contributed by atoms with Gasteiger partial charge in [0.05, 0.1) is 10.4 Å². The minimum absolute atomic E-state index is 0.289. The van der Waals surface area contributed by atoms with E-state index in [1.54, 1.807) is 11.3 Å². The van der Waals surface area contributed by atoms with Gasteiger partial charge in [0.15, 0.2) is 0 Å². The third kappa shape index (κ3) is 3.18. The zero-order chi connectivity index (χ0) is 11.4. The molecule has 0 aliphatic rings. The Kier molecular flexibility index (Phi) is 5.06. The fourth-order valence-electron chi connectivity index (χ4n) is 1.59. The second-order valence-corrected chi connectivity index (χ2v) is 5.56. The minimum atomic E-state index is 0.289. The molecule has 1 aromatic heterocycles. The van der Waals surface area contributed by atoms with Crippen LogP contribution in [0.1, 0.15) is 31.2 Å². The summed E-state index contributed by atoms with van der Waals surface area (Å²) in [7, 11) is 2.12. The molecule has 0 aromatic carbocycles. The highest BCUT2D eigenvalue weighted by molar-refractivity contribution is 7.16. The Balaban J connectivity index is 2.79. The molecule has 0 bridgehead atoms. The molecule has 15 heavy (non-hydrogen) atoms. The van der Waals surface area contributed by atoms with Crippen molar-refractivity contribution in [2.24, 2.45) is 5.73 Å². The smallest absolute Gasteiger partial charge is 0.0931 e. The van der Waals surface area contributed by atoms with Crippen LogP contribution in [-0.2, 0) is 0 Å². The predicted molar refractivity (Wildman–Crippen MR) is 68.6 cm³/mol. The Morgan fingerprint density at radius 3 is 2.60 bits per heavy atom.